The number of fused-ring (bicyclic) bond motifs is 2. The van der Waals surface area contributed by atoms with Crippen LogP contribution in [0.25, 0.3) is 0 Å². The average molecular weight is 385 g/mol. The van der Waals surface area contributed by atoms with Crippen LogP contribution in [0.15, 0.2) is 42.5 Å². The number of rotatable bonds is 3. The largest absolute Gasteiger partial charge is 0.327 e. The second kappa shape index (κ2) is 7.03. The quantitative estimate of drug-likeness (QED) is 0.883. The molecule has 2 aromatic carbocycles. The lowest BCUT2D eigenvalue weighted by molar-refractivity contribution is -0.124. The molecule has 2 heterocycles. The maximum atomic E-state index is 13.9. The molecule has 1 saturated heterocycles. The summed E-state index contributed by atoms with van der Waals surface area (Å²) < 4.78 is 27.7. The molecule has 8 heteroatoms. The molecular formula is C20H17F2N3O3. The van der Waals surface area contributed by atoms with Crippen molar-refractivity contribution in [3.8, 4) is 0 Å². The van der Waals surface area contributed by atoms with Crippen LogP contribution in [-0.2, 0) is 9.59 Å². The van der Waals surface area contributed by atoms with Gasteiger partial charge in [0.05, 0.1) is 16.9 Å². The molecular weight excluding hydrogens is 368 g/mol. The van der Waals surface area contributed by atoms with Crippen molar-refractivity contribution in [3.63, 3.8) is 0 Å². The number of anilines is 2. The van der Waals surface area contributed by atoms with E-state index in [0.717, 1.165) is 17.0 Å². The zero-order valence-corrected chi connectivity index (χ0v) is 14.8. The van der Waals surface area contributed by atoms with Crippen LogP contribution in [0.2, 0.25) is 0 Å². The fourth-order valence-electron chi connectivity index (χ4n) is 3.69. The molecule has 0 bridgehead atoms. The van der Waals surface area contributed by atoms with Crippen LogP contribution in [0.5, 0.6) is 0 Å². The summed E-state index contributed by atoms with van der Waals surface area (Å²) in [6.45, 7) is -0.0252. The summed E-state index contributed by atoms with van der Waals surface area (Å²) in [5, 5.41) is 2.41. The number of carbonyl (C=O) groups is 3. The number of para-hydroxylation sites is 1. The van der Waals surface area contributed by atoms with E-state index in [9.17, 15) is 23.2 Å². The Hall–Kier alpha value is -3.29. The van der Waals surface area contributed by atoms with Crippen LogP contribution in [-0.4, -0.2) is 41.8 Å². The van der Waals surface area contributed by atoms with E-state index >= 15 is 0 Å². The number of hydrogen-bond acceptors (Lipinski definition) is 3. The van der Waals surface area contributed by atoms with Gasteiger partial charge in [-0.25, -0.2) is 8.78 Å². The normalized spacial score (nSPS) is 18.6. The molecule has 4 rings (SSSR count). The van der Waals surface area contributed by atoms with Gasteiger partial charge in [0, 0.05) is 6.54 Å². The number of amides is 3. The fourth-order valence-corrected chi connectivity index (χ4v) is 3.69. The Labute approximate surface area is 159 Å². The van der Waals surface area contributed by atoms with Crippen molar-refractivity contribution in [2.24, 2.45) is 0 Å². The molecule has 2 aromatic rings. The topological polar surface area (TPSA) is 69.7 Å². The monoisotopic (exact) mass is 385 g/mol. The minimum absolute atomic E-state index is 0.0206. The van der Waals surface area contributed by atoms with E-state index in [4.69, 9.17) is 0 Å². The van der Waals surface area contributed by atoms with Crippen molar-refractivity contribution in [2.45, 2.75) is 18.9 Å². The van der Waals surface area contributed by atoms with Crippen LogP contribution in [0.4, 0.5) is 20.2 Å². The highest BCUT2D eigenvalue weighted by molar-refractivity contribution is 6.13. The van der Waals surface area contributed by atoms with Crippen LogP contribution >= 0.6 is 0 Å². The molecule has 0 radical (unpaired) electrons. The average Bonchev–Trinajstić information content (AvgIpc) is 3.14. The Morgan fingerprint density at radius 1 is 1.14 bits per heavy atom. The van der Waals surface area contributed by atoms with Crippen molar-refractivity contribution < 1.29 is 23.2 Å². The van der Waals surface area contributed by atoms with Crippen molar-refractivity contribution in [3.05, 3.63) is 59.7 Å². The molecule has 1 N–H and O–H groups in total. The van der Waals surface area contributed by atoms with E-state index in [0.29, 0.717) is 19.4 Å². The molecule has 0 aliphatic carbocycles. The van der Waals surface area contributed by atoms with Crippen LogP contribution in [0.3, 0.4) is 0 Å². The summed E-state index contributed by atoms with van der Waals surface area (Å²) in [5.74, 6) is -2.68. The Balaban J connectivity index is 1.68. The second-order valence-corrected chi connectivity index (χ2v) is 6.77. The van der Waals surface area contributed by atoms with Gasteiger partial charge in [-0.15, -0.1) is 0 Å². The lowest BCUT2D eigenvalue weighted by Crippen LogP contribution is -2.47. The van der Waals surface area contributed by atoms with Gasteiger partial charge in [-0.2, -0.15) is 0 Å². The van der Waals surface area contributed by atoms with Crippen LogP contribution in [0, 0.1) is 11.6 Å². The predicted octanol–water partition coefficient (Wildman–Crippen LogP) is 2.55. The zero-order valence-electron chi connectivity index (χ0n) is 14.8. The maximum absolute atomic E-state index is 13.9. The maximum Gasteiger partial charge on any atom is 0.256 e. The third kappa shape index (κ3) is 3.11. The van der Waals surface area contributed by atoms with Crippen molar-refractivity contribution in [2.75, 3.05) is 23.3 Å². The standard InChI is InChI=1S/C20H17F2N3O3/c21-12-7-8-13-17(10-12)25(20(28)16-6-3-9-24(16)19(13)27)11-18(26)23-15-5-2-1-4-14(15)22/h1-2,4-5,7-8,10,16H,3,6,9,11H2,(H,23,26). The number of halogens is 2. The molecule has 1 unspecified atom stereocenters. The Kier molecular flexibility index (Phi) is 4.54. The van der Waals surface area contributed by atoms with E-state index in [1.54, 1.807) is 6.07 Å². The molecule has 144 valence electrons. The number of carbonyl (C=O) groups excluding carboxylic acids is 3. The number of benzene rings is 2. The lowest BCUT2D eigenvalue weighted by Gasteiger charge is -2.25. The number of hydrogen-bond donors (Lipinski definition) is 1. The Morgan fingerprint density at radius 3 is 2.71 bits per heavy atom. The van der Waals surface area contributed by atoms with Gasteiger partial charge in [0.15, 0.2) is 0 Å². The summed E-state index contributed by atoms with van der Waals surface area (Å²) in [6, 6.07) is 8.50. The van der Waals surface area contributed by atoms with Crippen molar-refractivity contribution in [1.29, 1.82) is 0 Å². The molecule has 28 heavy (non-hydrogen) atoms. The first-order valence-electron chi connectivity index (χ1n) is 8.92. The first-order chi connectivity index (χ1) is 13.5. The van der Waals surface area contributed by atoms with Gasteiger partial charge in [0.25, 0.3) is 5.91 Å². The lowest BCUT2D eigenvalue weighted by atomic mass is 10.1. The van der Waals surface area contributed by atoms with Crippen LogP contribution in [0.1, 0.15) is 23.2 Å². The SMILES string of the molecule is O=C(CN1C(=O)C2CCCN2C(=O)c2ccc(F)cc21)Nc1ccccc1F. The van der Waals surface area contributed by atoms with Gasteiger partial charge in [0.2, 0.25) is 11.8 Å². The fraction of sp³-hybridized carbons (Fsp3) is 0.250. The summed E-state index contributed by atoms with van der Waals surface area (Å²) in [7, 11) is 0. The van der Waals surface area contributed by atoms with Gasteiger partial charge in [0.1, 0.15) is 24.2 Å². The molecule has 0 aromatic heterocycles. The molecule has 3 amide bonds. The van der Waals surface area contributed by atoms with Gasteiger partial charge in [-0.3, -0.25) is 14.4 Å². The minimum atomic E-state index is -0.691. The van der Waals surface area contributed by atoms with E-state index in [1.807, 2.05) is 0 Å². The summed E-state index contributed by atoms with van der Waals surface area (Å²) in [4.78, 5) is 40.9. The zero-order chi connectivity index (χ0) is 19.8. The highest BCUT2D eigenvalue weighted by atomic mass is 19.1. The van der Waals surface area contributed by atoms with E-state index < -0.39 is 36.0 Å². The summed E-state index contributed by atoms with van der Waals surface area (Å²) >= 11 is 0. The van der Waals surface area contributed by atoms with Crippen LogP contribution < -0.4 is 10.2 Å². The van der Waals surface area contributed by atoms with Crippen molar-refractivity contribution in [1.82, 2.24) is 4.90 Å². The third-order valence-corrected chi connectivity index (χ3v) is 5.00. The van der Waals surface area contributed by atoms with Gasteiger partial charge < -0.3 is 15.1 Å². The van der Waals surface area contributed by atoms with E-state index in [2.05, 4.69) is 5.32 Å². The predicted molar refractivity (Wildman–Crippen MR) is 97.8 cm³/mol. The van der Waals surface area contributed by atoms with Gasteiger partial charge >= 0.3 is 0 Å². The summed E-state index contributed by atoms with van der Waals surface area (Å²) in [6.07, 6.45) is 1.15. The van der Waals surface area contributed by atoms with Crippen molar-refractivity contribution >= 4 is 29.1 Å². The van der Waals surface area contributed by atoms with E-state index in [-0.39, 0.29) is 22.8 Å². The second-order valence-electron chi connectivity index (χ2n) is 6.77. The van der Waals surface area contributed by atoms with Gasteiger partial charge in [-0.1, -0.05) is 12.1 Å². The molecule has 0 spiro atoms. The van der Waals surface area contributed by atoms with E-state index in [1.165, 1.54) is 29.2 Å². The number of nitrogens with zero attached hydrogens (tertiary/aromatic N) is 2. The molecule has 1 fully saturated rings. The molecule has 2 aliphatic rings. The Morgan fingerprint density at radius 2 is 1.93 bits per heavy atom. The van der Waals surface area contributed by atoms with Gasteiger partial charge in [-0.05, 0) is 43.2 Å². The Bertz CT molecular complexity index is 979. The highest BCUT2D eigenvalue weighted by Gasteiger charge is 2.42. The first kappa shape index (κ1) is 18.1. The number of nitrogens with one attached hydrogen (secondary N) is 1. The molecule has 2 aliphatic heterocycles. The minimum Gasteiger partial charge on any atom is -0.327 e. The highest BCUT2D eigenvalue weighted by Crippen LogP contribution is 2.33. The molecule has 1 atom stereocenters. The first-order valence-corrected chi connectivity index (χ1v) is 8.92. The molecule has 6 nitrogen and oxygen atoms in total. The summed E-state index contributed by atoms with van der Waals surface area (Å²) in [5.41, 5.74) is 0.193. The third-order valence-electron chi connectivity index (χ3n) is 5.00. The smallest absolute Gasteiger partial charge is 0.256 e. The molecule has 0 saturated carbocycles.